The number of nitrogens with two attached hydrogens (primary N) is 1. The van der Waals surface area contributed by atoms with E-state index >= 15 is 0 Å². The standard InChI is InChI=1S/C15H24N2O2/c1-11(2)9-15(16)17-18-10-13-5-7-14(8-6-13)19-12(3)4/h5-8,11-12H,9-10H2,1-4H3,(H2,16,17). The minimum Gasteiger partial charge on any atom is -0.491 e. The van der Waals surface area contributed by atoms with Crippen LogP contribution in [0, 0.1) is 5.92 Å². The van der Waals surface area contributed by atoms with Crippen molar-refractivity contribution in [3.05, 3.63) is 29.8 Å². The van der Waals surface area contributed by atoms with Crippen molar-refractivity contribution in [2.75, 3.05) is 0 Å². The Balaban J connectivity index is 2.41. The van der Waals surface area contributed by atoms with Crippen molar-refractivity contribution in [3.63, 3.8) is 0 Å². The minimum atomic E-state index is 0.183. The van der Waals surface area contributed by atoms with Crippen LogP contribution in [-0.4, -0.2) is 11.9 Å². The molecule has 0 bridgehead atoms. The monoisotopic (exact) mass is 264 g/mol. The van der Waals surface area contributed by atoms with Gasteiger partial charge in [-0.25, -0.2) is 0 Å². The number of amidine groups is 1. The molecule has 0 saturated heterocycles. The summed E-state index contributed by atoms with van der Waals surface area (Å²) < 4.78 is 5.57. The smallest absolute Gasteiger partial charge is 0.142 e. The second-order valence-corrected chi connectivity index (χ2v) is 5.26. The van der Waals surface area contributed by atoms with E-state index in [4.69, 9.17) is 15.3 Å². The molecule has 4 nitrogen and oxygen atoms in total. The summed E-state index contributed by atoms with van der Waals surface area (Å²) in [6, 6.07) is 7.79. The van der Waals surface area contributed by atoms with E-state index in [0.29, 0.717) is 18.4 Å². The van der Waals surface area contributed by atoms with E-state index in [1.165, 1.54) is 0 Å². The van der Waals surface area contributed by atoms with Gasteiger partial charge < -0.3 is 15.3 Å². The van der Waals surface area contributed by atoms with Crippen LogP contribution in [0.25, 0.3) is 0 Å². The number of nitrogens with zero attached hydrogens (tertiary/aromatic N) is 1. The first-order valence-corrected chi connectivity index (χ1v) is 6.67. The highest BCUT2D eigenvalue weighted by Crippen LogP contribution is 2.14. The van der Waals surface area contributed by atoms with E-state index in [-0.39, 0.29) is 6.10 Å². The van der Waals surface area contributed by atoms with Crippen LogP contribution in [-0.2, 0) is 11.4 Å². The van der Waals surface area contributed by atoms with Gasteiger partial charge in [0.2, 0.25) is 0 Å². The molecule has 0 aromatic heterocycles. The second kappa shape index (κ2) is 7.67. The van der Waals surface area contributed by atoms with Gasteiger partial charge in [-0.15, -0.1) is 0 Å². The summed E-state index contributed by atoms with van der Waals surface area (Å²) in [5.74, 6) is 1.89. The van der Waals surface area contributed by atoms with Crippen LogP contribution in [0.15, 0.2) is 29.4 Å². The Morgan fingerprint density at radius 3 is 2.32 bits per heavy atom. The SMILES string of the molecule is CC(C)C/C(N)=N/OCc1ccc(OC(C)C)cc1. The Morgan fingerprint density at radius 2 is 1.79 bits per heavy atom. The number of oxime groups is 1. The molecule has 0 aliphatic heterocycles. The van der Waals surface area contributed by atoms with Crippen molar-refractivity contribution in [1.82, 2.24) is 0 Å². The minimum absolute atomic E-state index is 0.183. The summed E-state index contributed by atoms with van der Waals surface area (Å²) in [7, 11) is 0. The molecule has 1 aromatic rings. The van der Waals surface area contributed by atoms with Crippen LogP contribution in [0.4, 0.5) is 0 Å². The van der Waals surface area contributed by atoms with Crippen LogP contribution in [0.3, 0.4) is 0 Å². The van der Waals surface area contributed by atoms with E-state index in [9.17, 15) is 0 Å². The molecule has 0 spiro atoms. The average molecular weight is 264 g/mol. The Morgan fingerprint density at radius 1 is 1.16 bits per heavy atom. The largest absolute Gasteiger partial charge is 0.491 e. The summed E-state index contributed by atoms with van der Waals surface area (Å²) in [5, 5.41) is 3.89. The van der Waals surface area contributed by atoms with Gasteiger partial charge in [0.1, 0.15) is 18.2 Å². The molecule has 0 fully saturated rings. The molecule has 106 valence electrons. The molecule has 2 N–H and O–H groups in total. The van der Waals surface area contributed by atoms with Crippen molar-refractivity contribution in [2.45, 2.75) is 46.8 Å². The third-order valence-electron chi connectivity index (χ3n) is 2.33. The van der Waals surface area contributed by atoms with Gasteiger partial charge in [-0.05, 0) is 37.5 Å². The summed E-state index contributed by atoms with van der Waals surface area (Å²) in [4.78, 5) is 5.23. The molecular weight excluding hydrogens is 240 g/mol. The Labute approximate surface area is 115 Å². The van der Waals surface area contributed by atoms with Gasteiger partial charge in [-0.3, -0.25) is 0 Å². The zero-order valence-electron chi connectivity index (χ0n) is 12.2. The molecule has 0 atom stereocenters. The Kier molecular flexibility index (Phi) is 6.19. The van der Waals surface area contributed by atoms with E-state index in [0.717, 1.165) is 17.7 Å². The van der Waals surface area contributed by atoms with Gasteiger partial charge in [-0.1, -0.05) is 31.1 Å². The van der Waals surface area contributed by atoms with Gasteiger partial charge in [-0.2, -0.15) is 0 Å². The van der Waals surface area contributed by atoms with Crippen LogP contribution in [0.5, 0.6) is 5.75 Å². The van der Waals surface area contributed by atoms with Crippen LogP contribution < -0.4 is 10.5 Å². The van der Waals surface area contributed by atoms with Crippen molar-refractivity contribution in [3.8, 4) is 5.75 Å². The van der Waals surface area contributed by atoms with Crippen molar-refractivity contribution < 1.29 is 9.57 Å². The van der Waals surface area contributed by atoms with E-state index in [1.54, 1.807) is 0 Å². The first-order valence-electron chi connectivity index (χ1n) is 6.67. The first kappa shape index (κ1) is 15.3. The molecular formula is C15H24N2O2. The fourth-order valence-corrected chi connectivity index (χ4v) is 1.58. The van der Waals surface area contributed by atoms with Gasteiger partial charge in [0.15, 0.2) is 0 Å². The zero-order chi connectivity index (χ0) is 14.3. The first-order chi connectivity index (χ1) is 8.97. The normalized spacial score (nSPS) is 12.0. The van der Waals surface area contributed by atoms with Crippen LogP contribution in [0.1, 0.15) is 39.7 Å². The average Bonchev–Trinajstić information content (AvgIpc) is 2.29. The van der Waals surface area contributed by atoms with Gasteiger partial charge in [0.25, 0.3) is 0 Å². The van der Waals surface area contributed by atoms with Crippen molar-refractivity contribution in [1.29, 1.82) is 0 Å². The number of benzene rings is 1. The molecule has 0 aliphatic rings. The summed E-state index contributed by atoms with van der Waals surface area (Å²) in [5.41, 5.74) is 6.76. The maximum Gasteiger partial charge on any atom is 0.142 e. The van der Waals surface area contributed by atoms with Crippen molar-refractivity contribution >= 4 is 5.84 Å². The molecule has 0 saturated carbocycles. The molecule has 19 heavy (non-hydrogen) atoms. The van der Waals surface area contributed by atoms with Crippen LogP contribution in [0.2, 0.25) is 0 Å². The quantitative estimate of drug-likeness (QED) is 0.467. The molecule has 1 aromatic carbocycles. The molecule has 0 radical (unpaired) electrons. The van der Waals surface area contributed by atoms with E-state index in [2.05, 4.69) is 19.0 Å². The van der Waals surface area contributed by atoms with Gasteiger partial charge in [0.05, 0.1) is 6.10 Å². The predicted molar refractivity (Wildman–Crippen MR) is 78.1 cm³/mol. The molecule has 0 heterocycles. The molecule has 0 aliphatic carbocycles. The Hall–Kier alpha value is -1.71. The summed E-state index contributed by atoms with van der Waals surface area (Å²) in [6.45, 7) is 8.61. The fraction of sp³-hybridized carbons (Fsp3) is 0.533. The number of hydrogen-bond acceptors (Lipinski definition) is 3. The zero-order valence-corrected chi connectivity index (χ0v) is 12.2. The lowest BCUT2D eigenvalue weighted by Crippen LogP contribution is -2.14. The molecule has 0 amide bonds. The fourth-order valence-electron chi connectivity index (χ4n) is 1.58. The third kappa shape index (κ3) is 6.70. The predicted octanol–water partition coefficient (Wildman–Crippen LogP) is 3.31. The molecule has 4 heteroatoms. The topological polar surface area (TPSA) is 56.8 Å². The maximum absolute atomic E-state index is 5.72. The number of hydrogen-bond donors (Lipinski definition) is 1. The number of rotatable bonds is 7. The summed E-state index contributed by atoms with van der Waals surface area (Å²) in [6.07, 6.45) is 0.934. The Bertz CT molecular complexity index is 397. The van der Waals surface area contributed by atoms with Gasteiger partial charge >= 0.3 is 0 Å². The molecule has 0 unspecified atom stereocenters. The van der Waals surface area contributed by atoms with Crippen LogP contribution >= 0.6 is 0 Å². The second-order valence-electron chi connectivity index (χ2n) is 5.26. The highest BCUT2D eigenvalue weighted by Gasteiger charge is 2.00. The van der Waals surface area contributed by atoms with Crippen molar-refractivity contribution in [2.24, 2.45) is 16.8 Å². The van der Waals surface area contributed by atoms with E-state index < -0.39 is 0 Å². The highest BCUT2D eigenvalue weighted by molar-refractivity contribution is 5.79. The van der Waals surface area contributed by atoms with Gasteiger partial charge in [0, 0.05) is 6.42 Å². The lowest BCUT2D eigenvalue weighted by atomic mass is 10.1. The molecule has 1 rings (SSSR count). The van der Waals surface area contributed by atoms with E-state index in [1.807, 2.05) is 38.1 Å². The highest BCUT2D eigenvalue weighted by atomic mass is 16.6. The summed E-state index contributed by atoms with van der Waals surface area (Å²) >= 11 is 0. The third-order valence-corrected chi connectivity index (χ3v) is 2.33. The maximum atomic E-state index is 5.72. The lowest BCUT2D eigenvalue weighted by Gasteiger charge is -2.10. The number of ether oxygens (including phenoxy) is 1. The lowest BCUT2D eigenvalue weighted by molar-refractivity contribution is 0.129.